The zero-order valence-electron chi connectivity index (χ0n) is 25.1. The maximum atomic E-state index is 13.8. The van der Waals surface area contributed by atoms with Crippen LogP contribution >= 0.6 is 0 Å². The van der Waals surface area contributed by atoms with Crippen LogP contribution in [0.15, 0.2) is 91.0 Å². The number of amides is 1. The number of hydrogen-bond acceptors (Lipinski definition) is 7. The molecular formula is C36H35NO8S. The molecular weight excluding hydrogens is 606 g/mol. The van der Waals surface area contributed by atoms with Gasteiger partial charge >= 0.3 is 16.1 Å². The van der Waals surface area contributed by atoms with Gasteiger partial charge in [0.05, 0.1) is 6.10 Å². The fourth-order valence-electron chi connectivity index (χ4n) is 6.32. The summed E-state index contributed by atoms with van der Waals surface area (Å²) in [6.45, 7) is 0. The van der Waals surface area contributed by atoms with Gasteiger partial charge in [0.1, 0.15) is 22.9 Å². The molecule has 0 spiro atoms. The van der Waals surface area contributed by atoms with E-state index in [1.807, 2.05) is 42.5 Å². The molecule has 0 radical (unpaired) electrons. The van der Waals surface area contributed by atoms with Crippen molar-refractivity contribution >= 4 is 49.6 Å². The molecule has 3 unspecified atom stereocenters. The minimum atomic E-state index is -4.12. The first-order valence-electron chi connectivity index (χ1n) is 15.4. The number of carboxylic acids is 1. The second-order valence-corrected chi connectivity index (χ2v) is 13.4. The topological polar surface area (TPSA) is 139 Å². The molecule has 6 rings (SSSR count). The normalized spacial score (nSPS) is 19.0. The highest BCUT2D eigenvalue weighted by Gasteiger charge is 2.53. The molecule has 2 aliphatic rings. The number of anilines is 1. The van der Waals surface area contributed by atoms with Crippen LogP contribution in [0.3, 0.4) is 0 Å². The van der Waals surface area contributed by atoms with E-state index in [-0.39, 0.29) is 30.2 Å². The number of ether oxygens (including phenoxy) is 1. The van der Waals surface area contributed by atoms with Crippen LogP contribution < -0.4 is 9.50 Å². The van der Waals surface area contributed by atoms with Crippen LogP contribution in [0.2, 0.25) is 0 Å². The standard InChI is InChI=1S/C36H35NO8S/c38-27-20-16-24(17-21-27)34-30-22-31(46(42,43)45-29-11-7-9-23-8-5-6-10-28(23)29)36(44-30)35(34)25-14-18-26(19-15-25)37-32(39)12-3-1-2-4-13-33(40)41/h5-11,14-21,30-31,36,38H,1-4,12-13,22H2,(H,37,39)(H,40,41). The van der Waals surface area contributed by atoms with Crippen LogP contribution in [0.25, 0.3) is 21.9 Å². The first-order valence-corrected chi connectivity index (χ1v) is 16.9. The molecule has 2 aliphatic heterocycles. The number of unbranched alkanes of at least 4 members (excludes halogenated alkanes) is 3. The van der Waals surface area contributed by atoms with Crippen molar-refractivity contribution in [3.05, 3.63) is 102 Å². The van der Waals surface area contributed by atoms with Crippen LogP contribution in [0.5, 0.6) is 11.5 Å². The molecule has 9 nitrogen and oxygen atoms in total. The van der Waals surface area contributed by atoms with Gasteiger partial charge in [-0.15, -0.1) is 0 Å². The Hall–Kier alpha value is -4.67. The molecule has 10 heteroatoms. The predicted octanol–water partition coefficient (Wildman–Crippen LogP) is 6.77. The molecule has 4 aromatic carbocycles. The summed E-state index contributed by atoms with van der Waals surface area (Å²) in [5.74, 6) is -0.546. The summed E-state index contributed by atoms with van der Waals surface area (Å²) < 4.78 is 39.8. The number of aliphatic carboxylic acids is 1. The van der Waals surface area contributed by atoms with Crippen LogP contribution in [0, 0.1) is 0 Å². The number of aromatic hydroxyl groups is 1. The van der Waals surface area contributed by atoms with Gasteiger partial charge in [0.25, 0.3) is 0 Å². The van der Waals surface area contributed by atoms with Gasteiger partial charge in [-0.3, -0.25) is 9.59 Å². The summed E-state index contributed by atoms with van der Waals surface area (Å²) in [6, 6.07) is 26.8. The predicted molar refractivity (Wildman–Crippen MR) is 176 cm³/mol. The average molecular weight is 642 g/mol. The molecule has 0 aliphatic carbocycles. The Kier molecular flexibility index (Phi) is 9.10. The third-order valence-electron chi connectivity index (χ3n) is 8.52. The zero-order valence-corrected chi connectivity index (χ0v) is 25.9. The zero-order chi connectivity index (χ0) is 32.3. The Bertz CT molecular complexity index is 1880. The second kappa shape index (κ2) is 13.4. The first-order chi connectivity index (χ1) is 22.2. The van der Waals surface area contributed by atoms with Crippen LogP contribution in [0.1, 0.15) is 56.1 Å². The number of hydrogen-bond donors (Lipinski definition) is 3. The SMILES string of the molecule is O=C(O)CCCCCCC(=O)Nc1ccc(C2=C(c3ccc(O)cc3)C3CC(S(=O)(=O)Oc4cccc5ccccc45)C2O3)cc1. The minimum Gasteiger partial charge on any atom is -0.508 e. The minimum absolute atomic E-state index is 0.124. The van der Waals surface area contributed by atoms with Crippen molar-refractivity contribution in [2.24, 2.45) is 0 Å². The number of nitrogens with one attached hydrogen (secondary N) is 1. The molecule has 1 amide bonds. The highest BCUT2D eigenvalue weighted by Crippen LogP contribution is 2.51. The number of rotatable bonds is 13. The number of carboxylic acid groups (broad SMARTS) is 1. The quantitative estimate of drug-likeness (QED) is 0.107. The maximum Gasteiger partial charge on any atom is 0.315 e. The maximum absolute atomic E-state index is 13.8. The third-order valence-corrected chi connectivity index (χ3v) is 10.1. The van der Waals surface area contributed by atoms with E-state index < -0.39 is 33.5 Å². The molecule has 0 saturated carbocycles. The van der Waals surface area contributed by atoms with Crippen molar-refractivity contribution < 1.29 is 37.1 Å². The molecule has 46 heavy (non-hydrogen) atoms. The monoisotopic (exact) mass is 641 g/mol. The lowest BCUT2D eigenvalue weighted by Gasteiger charge is -2.25. The Labute approximate surface area is 267 Å². The number of phenols is 1. The van der Waals surface area contributed by atoms with Crippen molar-refractivity contribution in [3.63, 3.8) is 0 Å². The van der Waals surface area contributed by atoms with Gasteiger partial charge in [0.2, 0.25) is 5.91 Å². The number of carbonyl (C=O) groups is 2. The number of fused-ring (bicyclic) bond motifs is 3. The fraction of sp³-hybridized carbons (Fsp3) is 0.278. The molecule has 4 aromatic rings. The lowest BCUT2D eigenvalue weighted by Crippen LogP contribution is -2.35. The van der Waals surface area contributed by atoms with Gasteiger partial charge in [-0.25, -0.2) is 0 Å². The van der Waals surface area contributed by atoms with Crippen LogP contribution in [0.4, 0.5) is 5.69 Å². The molecule has 0 aromatic heterocycles. The van der Waals surface area contributed by atoms with Crippen molar-refractivity contribution in [1.82, 2.24) is 0 Å². The summed E-state index contributed by atoms with van der Waals surface area (Å²) in [4.78, 5) is 23.2. The van der Waals surface area contributed by atoms with Crippen molar-refractivity contribution in [2.75, 3.05) is 5.32 Å². The molecule has 1 saturated heterocycles. The van der Waals surface area contributed by atoms with E-state index in [1.165, 1.54) is 0 Å². The smallest absolute Gasteiger partial charge is 0.315 e. The van der Waals surface area contributed by atoms with Gasteiger partial charge in [0, 0.05) is 30.3 Å². The van der Waals surface area contributed by atoms with Gasteiger partial charge in [-0.05, 0) is 70.8 Å². The summed E-state index contributed by atoms with van der Waals surface area (Å²) >= 11 is 0. The summed E-state index contributed by atoms with van der Waals surface area (Å²) in [7, 11) is -4.12. The average Bonchev–Trinajstić information content (AvgIpc) is 3.64. The number of benzene rings is 4. The Morgan fingerprint density at radius 3 is 2.20 bits per heavy atom. The lowest BCUT2D eigenvalue weighted by atomic mass is 9.83. The highest BCUT2D eigenvalue weighted by atomic mass is 32.2. The molecule has 2 heterocycles. The summed E-state index contributed by atoms with van der Waals surface area (Å²) in [5, 5.41) is 22.2. The largest absolute Gasteiger partial charge is 0.508 e. The molecule has 3 atom stereocenters. The lowest BCUT2D eigenvalue weighted by molar-refractivity contribution is -0.137. The number of phenolic OH excluding ortho intramolecular Hbond substituents is 1. The highest BCUT2D eigenvalue weighted by molar-refractivity contribution is 7.87. The van der Waals surface area contributed by atoms with Gasteiger partial charge in [-0.1, -0.05) is 73.5 Å². The van der Waals surface area contributed by atoms with Crippen molar-refractivity contribution in [2.45, 2.75) is 62.4 Å². The third kappa shape index (κ3) is 6.78. The van der Waals surface area contributed by atoms with Gasteiger partial charge < -0.3 is 24.4 Å². The molecule has 2 bridgehead atoms. The van der Waals surface area contributed by atoms with E-state index in [2.05, 4.69) is 5.32 Å². The molecule has 1 fully saturated rings. The molecule has 3 N–H and O–H groups in total. The van der Waals surface area contributed by atoms with E-state index in [0.29, 0.717) is 30.3 Å². The van der Waals surface area contributed by atoms with E-state index in [0.717, 1.165) is 40.5 Å². The van der Waals surface area contributed by atoms with E-state index in [4.69, 9.17) is 14.0 Å². The fourth-order valence-corrected chi connectivity index (χ4v) is 7.75. The summed E-state index contributed by atoms with van der Waals surface area (Å²) in [6.07, 6.45) is 2.24. The summed E-state index contributed by atoms with van der Waals surface area (Å²) in [5.41, 5.74) is 3.79. The Morgan fingerprint density at radius 2 is 1.46 bits per heavy atom. The van der Waals surface area contributed by atoms with Crippen LogP contribution in [-0.2, 0) is 24.4 Å². The number of carbonyl (C=O) groups excluding carboxylic acids is 1. The second-order valence-electron chi connectivity index (χ2n) is 11.7. The van der Waals surface area contributed by atoms with Crippen molar-refractivity contribution in [1.29, 1.82) is 0 Å². The van der Waals surface area contributed by atoms with Gasteiger partial charge in [0.15, 0.2) is 0 Å². The first kappa shape index (κ1) is 31.3. The van der Waals surface area contributed by atoms with Crippen molar-refractivity contribution in [3.8, 4) is 11.5 Å². The van der Waals surface area contributed by atoms with E-state index >= 15 is 0 Å². The van der Waals surface area contributed by atoms with E-state index in [1.54, 1.807) is 48.5 Å². The van der Waals surface area contributed by atoms with Gasteiger partial charge in [-0.2, -0.15) is 8.42 Å². The van der Waals surface area contributed by atoms with E-state index in [9.17, 15) is 23.1 Å². The Balaban J connectivity index is 1.22. The van der Waals surface area contributed by atoms with Crippen LogP contribution in [-0.4, -0.2) is 48.0 Å². The Morgan fingerprint density at radius 1 is 0.804 bits per heavy atom. The molecule has 238 valence electrons.